The van der Waals surface area contributed by atoms with Crippen LogP contribution in [-0.2, 0) is 20.9 Å². The van der Waals surface area contributed by atoms with Crippen LogP contribution >= 0.6 is 0 Å². The molecule has 0 saturated carbocycles. The Bertz CT molecular complexity index is 1790. The highest BCUT2D eigenvalue weighted by Gasteiger charge is 2.33. The van der Waals surface area contributed by atoms with E-state index in [1.54, 1.807) is 31.2 Å². The summed E-state index contributed by atoms with van der Waals surface area (Å²) < 4.78 is 84.8. The molecule has 290 valence electrons. The smallest absolute Gasteiger partial charge is 0.416 e. The van der Waals surface area contributed by atoms with Gasteiger partial charge in [-0.1, -0.05) is 6.92 Å². The molecule has 3 aromatic rings. The first-order valence-corrected chi connectivity index (χ1v) is 18.7. The molecule has 1 heterocycles. The fraction of sp³-hybridized carbons (Fsp3) is 0.459. The van der Waals surface area contributed by atoms with Gasteiger partial charge in [-0.25, -0.2) is 13.2 Å². The minimum atomic E-state index is -4.52. The molecule has 0 unspecified atom stereocenters. The maximum absolute atomic E-state index is 14.4. The number of benzene rings is 3. The van der Waals surface area contributed by atoms with Gasteiger partial charge in [0, 0.05) is 44.0 Å². The van der Waals surface area contributed by atoms with E-state index in [1.165, 1.54) is 41.6 Å². The molecule has 53 heavy (non-hydrogen) atoms. The molecule has 0 aliphatic carbocycles. The van der Waals surface area contributed by atoms with E-state index >= 15 is 0 Å². The average molecular weight is 765 g/mol. The van der Waals surface area contributed by atoms with Gasteiger partial charge in [-0.2, -0.15) is 17.5 Å². The van der Waals surface area contributed by atoms with E-state index in [1.807, 2.05) is 13.8 Å². The summed E-state index contributed by atoms with van der Waals surface area (Å²) in [5.41, 5.74) is -0.430. The van der Waals surface area contributed by atoms with Crippen molar-refractivity contribution in [3.63, 3.8) is 0 Å². The van der Waals surface area contributed by atoms with E-state index in [0.717, 1.165) is 30.7 Å². The summed E-state index contributed by atoms with van der Waals surface area (Å²) in [4.78, 5) is 28.8. The molecule has 0 radical (unpaired) electrons. The Morgan fingerprint density at radius 2 is 1.68 bits per heavy atom. The van der Waals surface area contributed by atoms with Crippen LogP contribution in [0.25, 0.3) is 0 Å². The van der Waals surface area contributed by atoms with E-state index in [4.69, 9.17) is 14.2 Å². The molecule has 0 fully saturated rings. The van der Waals surface area contributed by atoms with Crippen molar-refractivity contribution < 1.29 is 50.5 Å². The second-order valence-corrected chi connectivity index (χ2v) is 15.2. The maximum atomic E-state index is 14.4. The zero-order chi connectivity index (χ0) is 38.9. The number of likely N-dealkylation sites (N-methyl/N-ethyl adjacent to an activating group) is 1. The number of amides is 3. The van der Waals surface area contributed by atoms with Crippen molar-refractivity contribution in [3.05, 3.63) is 77.9 Å². The number of hydrogen-bond donors (Lipinski definition) is 3. The average Bonchev–Trinajstić information content (AvgIpc) is 3.12. The molecule has 1 aliphatic rings. The minimum Gasteiger partial charge on any atom is -0.497 e. The number of ether oxygens (including phenoxy) is 3. The number of carbonyl (C=O) groups is 2. The summed E-state index contributed by atoms with van der Waals surface area (Å²) in [7, 11) is -0.947. The van der Waals surface area contributed by atoms with E-state index in [0.29, 0.717) is 25.2 Å². The molecule has 16 heteroatoms. The van der Waals surface area contributed by atoms with Crippen LogP contribution in [0.4, 0.5) is 29.3 Å². The summed E-state index contributed by atoms with van der Waals surface area (Å²) in [5, 5.41) is 15.3. The van der Waals surface area contributed by atoms with Gasteiger partial charge in [0.2, 0.25) is 10.0 Å². The molecule has 3 aromatic carbocycles. The van der Waals surface area contributed by atoms with Gasteiger partial charge in [0.05, 0.1) is 48.0 Å². The molecule has 3 N–H and O–H groups in total. The monoisotopic (exact) mass is 764 g/mol. The summed E-state index contributed by atoms with van der Waals surface area (Å²) >= 11 is 0. The Kier molecular flexibility index (Phi) is 14.1. The molecule has 0 spiro atoms. The predicted molar refractivity (Wildman–Crippen MR) is 194 cm³/mol. The lowest BCUT2D eigenvalue weighted by Crippen LogP contribution is -2.48. The molecule has 0 aromatic heterocycles. The van der Waals surface area contributed by atoms with Gasteiger partial charge in [-0.3, -0.25) is 4.79 Å². The van der Waals surface area contributed by atoms with Crippen LogP contribution in [0, 0.1) is 5.92 Å². The largest absolute Gasteiger partial charge is 0.497 e. The number of alkyl halides is 3. The zero-order valence-corrected chi connectivity index (χ0v) is 31.2. The van der Waals surface area contributed by atoms with Crippen LogP contribution in [0.3, 0.4) is 0 Å². The van der Waals surface area contributed by atoms with Crippen LogP contribution < -0.4 is 20.1 Å². The molecular weight excluding hydrogens is 717 g/mol. The van der Waals surface area contributed by atoms with Crippen molar-refractivity contribution in [1.29, 1.82) is 0 Å². The van der Waals surface area contributed by atoms with Crippen LogP contribution in [0.5, 0.6) is 11.5 Å². The van der Waals surface area contributed by atoms with Gasteiger partial charge in [0.1, 0.15) is 11.5 Å². The Hall–Kier alpha value is -4.38. The van der Waals surface area contributed by atoms with Crippen molar-refractivity contribution in [3.8, 4) is 11.5 Å². The predicted octanol–water partition coefficient (Wildman–Crippen LogP) is 6.47. The molecular formula is C37H47F3N4O8S. The molecule has 0 bridgehead atoms. The SMILES string of the molecule is COc1ccc(S(=O)(=O)N(C)C[C@@H]2OCCCC[C@H](C)Oc3ccc(NC(=O)Nc4ccc(C(F)(F)F)cc4)cc3C(=O)N([C@@H](C)CO)C[C@@H]2C)cc1. The standard InChI is InChI=1S/C37H47F3N4O8S/c1-24-21-44(25(2)23-45)35(46)32-20-29(42-36(47)41-28-11-9-27(10-12-28)37(38,39)40)13-18-33(32)52-26(3)8-6-7-19-51-34(24)22-43(4)53(48,49)31-16-14-30(50-5)15-17-31/h9-18,20,24-26,34,45H,6-8,19,21-23H2,1-5H3,(H2,41,42,47)/t24-,25-,26-,34-/m0/s1. The van der Waals surface area contributed by atoms with Gasteiger partial charge >= 0.3 is 12.2 Å². The summed E-state index contributed by atoms with van der Waals surface area (Å²) in [5.74, 6) is -0.150. The number of urea groups is 1. The molecule has 1 aliphatic heterocycles. The van der Waals surface area contributed by atoms with E-state index in [-0.39, 0.29) is 53.4 Å². The normalized spacial score (nSPS) is 19.8. The molecule has 3 amide bonds. The van der Waals surface area contributed by atoms with Crippen molar-refractivity contribution in [2.45, 2.75) is 69.4 Å². The van der Waals surface area contributed by atoms with E-state index in [9.17, 15) is 36.3 Å². The fourth-order valence-electron chi connectivity index (χ4n) is 5.78. The van der Waals surface area contributed by atoms with Gasteiger partial charge in [0.25, 0.3) is 5.91 Å². The number of halogens is 3. The number of carbonyl (C=O) groups excluding carboxylic acids is 2. The van der Waals surface area contributed by atoms with E-state index < -0.39 is 51.8 Å². The van der Waals surface area contributed by atoms with Gasteiger partial charge in [-0.05, 0) is 99.8 Å². The second kappa shape index (κ2) is 18.1. The number of aliphatic hydroxyl groups is 1. The van der Waals surface area contributed by atoms with Crippen molar-refractivity contribution >= 4 is 33.3 Å². The highest BCUT2D eigenvalue weighted by atomic mass is 32.2. The maximum Gasteiger partial charge on any atom is 0.416 e. The third-order valence-electron chi connectivity index (χ3n) is 8.98. The first kappa shape index (κ1) is 41.4. The Labute approximate surface area is 308 Å². The Morgan fingerprint density at radius 3 is 2.30 bits per heavy atom. The molecule has 0 saturated heterocycles. The number of methoxy groups -OCH3 is 1. The van der Waals surface area contributed by atoms with Gasteiger partial charge in [0.15, 0.2) is 0 Å². The number of sulfonamides is 1. The lowest BCUT2D eigenvalue weighted by atomic mass is 10.0. The molecule has 12 nitrogen and oxygen atoms in total. The number of nitrogens with zero attached hydrogens (tertiary/aromatic N) is 2. The third kappa shape index (κ3) is 11.1. The second-order valence-electron chi connectivity index (χ2n) is 13.1. The summed E-state index contributed by atoms with van der Waals surface area (Å²) in [6, 6.07) is 13.1. The summed E-state index contributed by atoms with van der Waals surface area (Å²) in [6.07, 6.45) is -3.45. The number of nitrogens with one attached hydrogen (secondary N) is 2. The number of hydrogen-bond acceptors (Lipinski definition) is 8. The Balaban J connectivity index is 1.60. The van der Waals surface area contributed by atoms with Crippen LogP contribution in [-0.4, -0.2) is 93.4 Å². The number of rotatable bonds is 9. The number of anilines is 2. The third-order valence-corrected chi connectivity index (χ3v) is 10.8. The van der Waals surface area contributed by atoms with Gasteiger partial charge < -0.3 is 34.9 Å². The number of fused-ring (bicyclic) bond motifs is 1. The highest BCUT2D eigenvalue weighted by Crippen LogP contribution is 2.31. The molecule has 4 atom stereocenters. The summed E-state index contributed by atoms with van der Waals surface area (Å²) in [6.45, 7) is 5.41. The molecule has 4 rings (SSSR count). The Morgan fingerprint density at radius 1 is 1.04 bits per heavy atom. The lowest BCUT2D eigenvalue weighted by Gasteiger charge is -2.35. The van der Waals surface area contributed by atoms with Gasteiger partial charge in [-0.15, -0.1) is 0 Å². The van der Waals surface area contributed by atoms with Crippen LogP contribution in [0.2, 0.25) is 0 Å². The van der Waals surface area contributed by atoms with Crippen molar-refractivity contribution in [1.82, 2.24) is 9.21 Å². The van der Waals surface area contributed by atoms with Crippen LogP contribution in [0.1, 0.15) is 56.0 Å². The highest BCUT2D eigenvalue weighted by molar-refractivity contribution is 7.89. The van der Waals surface area contributed by atoms with E-state index in [2.05, 4.69) is 10.6 Å². The lowest BCUT2D eigenvalue weighted by molar-refractivity contribution is -0.137. The fourth-order valence-corrected chi connectivity index (χ4v) is 6.96. The van der Waals surface area contributed by atoms with Crippen molar-refractivity contribution in [2.24, 2.45) is 5.92 Å². The number of aliphatic hydroxyl groups excluding tert-OH is 1. The topological polar surface area (TPSA) is 147 Å². The quantitative estimate of drug-likeness (QED) is 0.225. The minimum absolute atomic E-state index is 0.0106. The first-order chi connectivity index (χ1) is 25.0. The zero-order valence-electron chi connectivity index (χ0n) is 30.4. The van der Waals surface area contributed by atoms with Crippen molar-refractivity contribution in [2.75, 3.05) is 51.1 Å². The first-order valence-electron chi connectivity index (χ1n) is 17.2. The van der Waals surface area contributed by atoms with Crippen LogP contribution in [0.15, 0.2) is 71.6 Å².